The molecular formula is C15H19NO4. The Bertz CT molecular complexity index is 527. The van der Waals surface area contributed by atoms with Crippen molar-refractivity contribution in [1.29, 1.82) is 0 Å². The van der Waals surface area contributed by atoms with Crippen molar-refractivity contribution in [2.75, 3.05) is 19.7 Å². The molecular weight excluding hydrogens is 258 g/mol. The molecule has 20 heavy (non-hydrogen) atoms. The Hall–Kier alpha value is -2.04. The lowest BCUT2D eigenvalue weighted by molar-refractivity contribution is 0.0526. The monoisotopic (exact) mass is 277 g/mol. The van der Waals surface area contributed by atoms with Crippen molar-refractivity contribution < 1.29 is 19.4 Å². The fourth-order valence-corrected chi connectivity index (χ4v) is 2.61. The summed E-state index contributed by atoms with van der Waals surface area (Å²) in [6.07, 6.45) is -0.0916. The summed E-state index contributed by atoms with van der Waals surface area (Å²) in [5.41, 5.74) is 2.65. The first-order valence-corrected chi connectivity index (χ1v) is 6.78. The van der Waals surface area contributed by atoms with Gasteiger partial charge in [-0.1, -0.05) is 6.07 Å². The van der Waals surface area contributed by atoms with Crippen molar-refractivity contribution in [2.45, 2.75) is 26.2 Å². The Kier molecular flexibility index (Phi) is 4.27. The zero-order valence-electron chi connectivity index (χ0n) is 11.8. The van der Waals surface area contributed by atoms with Gasteiger partial charge in [0.15, 0.2) is 0 Å². The lowest BCUT2D eigenvalue weighted by Crippen LogP contribution is -2.26. The molecule has 5 heteroatoms. The molecule has 0 bridgehead atoms. The zero-order valence-corrected chi connectivity index (χ0v) is 11.8. The molecule has 0 aromatic heterocycles. The van der Waals surface area contributed by atoms with E-state index in [1.807, 2.05) is 19.1 Å². The number of carbonyl (C=O) groups excluding carboxylic acids is 1. The predicted octanol–water partition coefficient (Wildman–Crippen LogP) is 2.64. The van der Waals surface area contributed by atoms with Crippen molar-refractivity contribution in [1.82, 2.24) is 4.90 Å². The van der Waals surface area contributed by atoms with E-state index in [9.17, 15) is 9.59 Å². The van der Waals surface area contributed by atoms with Gasteiger partial charge in [-0.15, -0.1) is 0 Å². The SMILES string of the molecule is CCOC(=O)c1ccc(C)c([C@H]2CCN(C(=O)O)C2)c1. The second-order valence-electron chi connectivity index (χ2n) is 5.01. The Morgan fingerprint density at radius 1 is 1.45 bits per heavy atom. The summed E-state index contributed by atoms with van der Waals surface area (Å²) in [5, 5.41) is 9.01. The first-order chi connectivity index (χ1) is 9.52. The third kappa shape index (κ3) is 2.92. The second-order valence-corrected chi connectivity index (χ2v) is 5.01. The summed E-state index contributed by atoms with van der Waals surface area (Å²) in [5.74, 6) is -0.178. The molecule has 1 saturated heterocycles. The number of carbonyl (C=O) groups is 2. The van der Waals surface area contributed by atoms with Crippen LogP contribution in [0.1, 0.15) is 40.7 Å². The molecule has 1 heterocycles. The minimum Gasteiger partial charge on any atom is -0.465 e. The Morgan fingerprint density at radius 2 is 2.20 bits per heavy atom. The number of amides is 1. The van der Waals surface area contributed by atoms with Gasteiger partial charge in [-0.2, -0.15) is 0 Å². The highest BCUT2D eigenvalue weighted by atomic mass is 16.5. The molecule has 0 aliphatic carbocycles. The van der Waals surface area contributed by atoms with Crippen LogP contribution in [0, 0.1) is 6.92 Å². The molecule has 1 aromatic carbocycles. The minimum atomic E-state index is -0.883. The highest BCUT2D eigenvalue weighted by molar-refractivity contribution is 5.89. The maximum absolute atomic E-state index is 11.8. The molecule has 108 valence electrons. The summed E-state index contributed by atoms with van der Waals surface area (Å²) in [4.78, 5) is 24.2. The van der Waals surface area contributed by atoms with E-state index >= 15 is 0 Å². The van der Waals surface area contributed by atoms with Gasteiger partial charge in [0.25, 0.3) is 0 Å². The smallest absolute Gasteiger partial charge is 0.407 e. The van der Waals surface area contributed by atoms with E-state index in [0.717, 1.165) is 17.5 Å². The number of likely N-dealkylation sites (tertiary alicyclic amines) is 1. The number of ether oxygens (including phenoxy) is 1. The number of aryl methyl sites for hydroxylation is 1. The molecule has 1 N–H and O–H groups in total. The van der Waals surface area contributed by atoms with Crippen molar-refractivity contribution >= 4 is 12.1 Å². The quantitative estimate of drug-likeness (QED) is 0.862. The number of benzene rings is 1. The standard InChI is InChI=1S/C15H19NO4/c1-3-20-14(17)11-5-4-10(2)13(8-11)12-6-7-16(9-12)15(18)19/h4-5,8,12H,3,6-7,9H2,1-2H3,(H,18,19)/t12-/m0/s1. The highest BCUT2D eigenvalue weighted by Gasteiger charge is 2.28. The molecule has 1 fully saturated rings. The number of carboxylic acid groups (broad SMARTS) is 1. The van der Waals surface area contributed by atoms with E-state index in [1.54, 1.807) is 13.0 Å². The van der Waals surface area contributed by atoms with Gasteiger partial charge in [0.05, 0.1) is 12.2 Å². The molecule has 1 aromatic rings. The molecule has 0 radical (unpaired) electrons. The van der Waals surface area contributed by atoms with Gasteiger partial charge >= 0.3 is 12.1 Å². The number of hydrogen-bond donors (Lipinski definition) is 1. The van der Waals surface area contributed by atoms with E-state index in [-0.39, 0.29) is 11.9 Å². The van der Waals surface area contributed by atoms with Crippen LogP contribution in [0.15, 0.2) is 18.2 Å². The van der Waals surface area contributed by atoms with Crippen LogP contribution in [0.2, 0.25) is 0 Å². The van der Waals surface area contributed by atoms with Gasteiger partial charge in [-0.05, 0) is 43.5 Å². The van der Waals surface area contributed by atoms with Crippen molar-refractivity contribution in [3.63, 3.8) is 0 Å². The second kappa shape index (κ2) is 5.94. The molecule has 1 aliphatic rings. The van der Waals surface area contributed by atoms with Crippen molar-refractivity contribution in [3.8, 4) is 0 Å². The Labute approximate surface area is 118 Å². The molecule has 1 aliphatic heterocycles. The molecule has 1 atom stereocenters. The fourth-order valence-electron chi connectivity index (χ4n) is 2.61. The number of nitrogens with zero attached hydrogens (tertiary/aromatic N) is 1. The largest absolute Gasteiger partial charge is 0.465 e. The number of hydrogen-bond acceptors (Lipinski definition) is 3. The predicted molar refractivity (Wildman–Crippen MR) is 74.1 cm³/mol. The summed E-state index contributed by atoms with van der Waals surface area (Å²) in [6, 6.07) is 5.48. The maximum Gasteiger partial charge on any atom is 0.407 e. The minimum absolute atomic E-state index is 0.153. The van der Waals surface area contributed by atoms with E-state index in [1.165, 1.54) is 4.90 Å². The van der Waals surface area contributed by atoms with E-state index in [2.05, 4.69) is 0 Å². The summed E-state index contributed by atoms with van der Waals surface area (Å²) in [7, 11) is 0. The van der Waals surface area contributed by atoms with E-state index in [0.29, 0.717) is 25.3 Å². The third-order valence-corrected chi connectivity index (χ3v) is 3.69. The van der Waals surface area contributed by atoms with E-state index in [4.69, 9.17) is 9.84 Å². The molecule has 2 rings (SSSR count). The van der Waals surface area contributed by atoms with Crippen LogP contribution in [0.4, 0.5) is 4.79 Å². The van der Waals surface area contributed by atoms with Gasteiger partial charge in [0, 0.05) is 19.0 Å². The van der Waals surface area contributed by atoms with Crippen LogP contribution in [0.5, 0.6) is 0 Å². The summed E-state index contributed by atoms with van der Waals surface area (Å²) >= 11 is 0. The Balaban J connectivity index is 2.21. The van der Waals surface area contributed by atoms with E-state index < -0.39 is 6.09 Å². The fraction of sp³-hybridized carbons (Fsp3) is 0.467. The van der Waals surface area contributed by atoms with Crippen molar-refractivity contribution in [3.05, 3.63) is 34.9 Å². The maximum atomic E-state index is 11.8. The molecule has 0 spiro atoms. The first-order valence-electron chi connectivity index (χ1n) is 6.78. The molecule has 5 nitrogen and oxygen atoms in total. The van der Waals surface area contributed by atoms with Crippen LogP contribution >= 0.6 is 0 Å². The van der Waals surface area contributed by atoms with Gasteiger partial charge < -0.3 is 14.7 Å². The van der Waals surface area contributed by atoms with Gasteiger partial charge in [-0.3, -0.25) is 0 Å². The normalized spacial score (nSPS) is 18.1. The molecule has 1 amide bonds. The Morgan fingerprint density at radius 3 is 2.80 bits per heavy atom. The highest BCUT2D eigenvalue weighted by Crippen LogP contribution is 2.30. The molecule has 0 unspecified atom stereocenters. The topological polar surface area (TPSA) is 66.8 Å². The number of rotatable bonds is 3. The van der Waals surface area contributed by atoms with Gasteiger partial charge in [-0.25, -0.2) is 9.59 Å². The summed E-state index contributed by atoms with van der Waals surface area (Å²) < 4.78 is 5.00. The number of esters is 1. The van der Waals surface area contributed by atoms with Crippen LogP contribution in [0.3, 0.4) is 0 Å². The molecule has 0 saturated carbocycles. The third-order valence-electron chi connectivity index (χ3n) is 3.69. The van der Waals surface area contributed by atoms with Gasteiger partial charge in [0.2, 0.25) is 0 Å². The zero-order chi connectivity index (χ0) is 14.7. The van der Waals surface area contributed by atoms with Crippen LogP contribution in [-0.4, -0.2) is 41.8 Å². The summed E-state index contributed by atoms with van der Waals surface area (Å²) in [6.45, 7) is 5.13. The lowest BCUT2D eigenvalue weighted by Gasteiger charge is -2.15. The first kappa shape index (κ1) is 14.4. The van der Waals surface area contributed by atoms with Crippen LogP contribution < -0.4 is 0 Å². The van der Waals surface area contributed by atoms with Gasteiger partial charge in [0.1, 0.15) is 0 Å². The lowest BCUT2D eigenvalue weighted by atomic mass is 9.92. The average molecular weight is 277 g/mol. The van der Waals surface area contributed by atoms with Crippen molar-refractivity contribution in [2.24, 2.45) is 0 Å². The average Bonchev–Trinajstić information content (AvgIpc) is 2.89. The van der Waals surface area contributed by atoms with Crippen LogP contribution in [-0.2, 0) is 4.74 Å². The van der Waals surface area contributed by atoms with Crippen LogP contribution in [0.25, 0.3) is 0 Å².